The number of nitrogens with one attached hydrogen (secondary N) is 1. The van der Waals surface area contributed by atoms with E-state index in [0.29, 0.717) is 5.92 Å². The standard InChI is InChI=1S/C23H37N5.HI/c1-4-26-14-16-27(17-15-26)19-20(2)18-25-23(24-3)28-12-10-22(11-13-28)21-8-6-5-7-9-21;/h5-10,20H,4,11-19H2,1-3H3,(H,24,25);1H. The first-order valence-electron chi connectivity index (χ1n) is 10.8. The van der Waals surface area contributed by atoms with Crippen molar-refractivity contribution in [3.63, 3.8) is 0 Å². The first-order valence-corrected chi connectivity index (χ1v) is 10.8. The molecule has 6 heteroatoms. The SMILES string of the molecule is CCN1CCN(CC(C)CNC(=NC)N2CC=C(c3ccccc3)CC2)CC1.I. The number of guanidine groups is 1. The number of likely N-dealkylation sites (N-methyl/N-ethyl adjacent to an activating group) is 1. The molecule has 1 atom stereocenters. The normalized spacial score (nSPS) is 20.0. The quantitative estimate of drug-likeness (QED) is 0.362. The molecule has 2 aliphatic rings. The molecule has 1 N–H and O–H groups in total. The number of nitrogens with zero attached hydrogens (tertiary/aromatic N) is 4. The molecule has 0 aliphatic carbocycles. The summed E-state index contributed by atoms with van der Waals surface area (Å²) in [6, 6.07) is 10.7. The van der Waals surface area contributed by atoms with Gasteiger partial charge in [-0.3, -0.25) is 4.99 Å². The zero-order valence-electron chi connectivity index (χ0n) is 18.3. The van der Waals surface area contributed by atoms with Gasteiger partial charge in [-0.2, -0.15) is 0 Å². The van der Waals surface area contributed by atoms with Gasteiger partial charge in [-0.25, -0.2) is 0 Å². The van der Waals surface area contributed by atoms with Gasteiger partial charge in [-0.1, -0.05) is 50.3 Å². The number of hydrogen-bond acceptors (Lipinski definition) is 3. The molecule has 0 aromatic heterocycles. The Morgan fingerprint density at radius 3 is 2.34 bits per heavy atom. The lowest BCUT2D eigenvalue weighted by Crippen LogP contribution is -2.49. The molecule has 0 bridgehead atoms. The van der Waals surface area contributed by atoms with Gasteiger partial charge in [0.05, 0.1) is 0 Å². The zero-order valence-corrected chi connectivity index (χ0v) is 20.6. The smallest absolute Gasteiger partial charge is 0.193 e. The summed E-state index contributed by atoms with van der Waals surface area (Å²) in [4.78, 5) is 12.0. The molecule has 1 aromatic carbocycles. The number of hydrogen-bond donors (Lipinski definition) is 1. The Bertz CT molecular complexity index is 652. The van der Waals surface area contributed by atoms with Crippen molar-refractivity contribution in [3.05, 3.63) is 42.0 Å². The number of halogens is 1. The number of piperazine rings is 1. The topological polar surface area (TPSA) is 34.1 Å². The molecule has 0 saturated carbocycles. The molecule has 3 rings (SSSR count). The molecule has 5 nitrogen and oxygen atoms in total. The van der Waals surface area contributed by atoms with E-state index >= 15 is 0 Å². The van der Waals surface area contributed by atoms with Gasteiger partial charge >= 0.3 is 0 Å². The Morgan fingerprint density at radius 1 is 1.07 bits per heavy atom. The van der Waals surface area contributed by atoms with E-state index in [4.69, 9.17) is 0 Å². The largest absolute Gasteiger partial charge is 0.356 e. The fraction of sp³-hybridized carbons (Fsp3) is 0.609. The molecule has 2 heterocycles. The third kappa shape index (κ3) is 7.26. The maximum atomic E-state index is 4.53. The molecule has 2 aliphatic heterocycles. The second kappa shape index (κ2) is 12.5. The molecule has 1 unspecified atom stereocenters. The average molecular weight is 511 g/mol. The lowest BCUT2D eigenvalue weighted by molar-refractivity contribution is 0.124. The Balaban J connectivity index is 0.00000300. The fourth-order valence-corrected chi connectivity index (χ4v) is 4.17. The average Bonchev–Trinajstić information content (AvgIpc) is 2.76. The van der Waals surface area contributed by atoms with Crippen LogP contribution in [-0.2, 0) is 0 Å². The zero-order chi connectivity index (χ0) is 19.8. The van der Waals surface area contributed by atoms with Crippen LogP contribution in [0, 0.1) is 5.92 Å². The third-order valence-electron chi connectivity index (χ3n) is 5.96. The van der Waals surface area contributed by atoms with Crippen LogP contribution < -0.4 is 5.32 Å². The van der Waals surface area contributed by atoms with Crippen LogP contribution in [0.25, 0.3) is 5.57 Å². The van der Waals surface area contributed by atoms with Crippen LogP contribution in [0.5, 0.6) is 0 Å². The third-order valence-corrected chi connectivity index (χ3v) is 5.96. The fourth-order valence-electron chi connectivity index (χ4n) is 4.17. The van der Waals surface area contributed by atoms with E-state index in [2.05, 4.69) is 75.3 Å². The highest BCUT2D eigenvalue weighted by molar-refractivity contribution is 14.0. The minimum Gasteiger partial charge on any atom is -0.356 e. The van der Waals surface area contributed by atoms with Crippen LogP contribution in [0.2, 0.25) is 0 Å². The van der Waals surface area contributed by atoms with Crippen LogP contribution in [0.3, 0.4) is 0 Å². The predicted molar refractivity (Wildman–Crippen MR) is 135 cm³/mol. The molecule has 162 valence electrons. The minimum atomic E-state index is 0. The lowest BCUT2D eigenvalue weighted by Gasteiger charge is -2.35. The summed E-state index contributed by atoms with van der Waals surface area (Å²) in [6.07, 6.45) is 3.42. The summed E-state index contributed by atoms with van der Waals surface area (Å²) in [5.41, 5.74) is 2.80. The van der Waals surface area contributed by atoms with Crippen molar-refractivity contribution in [1.82, 2.24) is 20.0 Å². The van der Waals surface area contributed by atoms with E-state index in [9.17, 15) is 0 Å². The summed E-state index contributed by atoms with van der Waals surface area (Å²) in [6.45, 7) is 14.7. The van der Waals surface area contributed by atoms with Crippen LogP contribution >= 0.6 is 24.0 Å². The molecule has 0 radical (unpaired) electrons. The van der Waals surface area contributed by atoms with Crippen LogP contribution in [0.4, 0.5) is 0 Å². The van der Waals surface area contributed by atoms with Crippen molar-refractivity contribution >= 4 is 35.5 Å². The van der Waals surface area contributed by atoms with E-state index in [1.165, 1.54) is 50.4 Å². The molecule has 0 spiro atoms. The Labute approximate surface area is 194 Å². The Kier molecular flexibility index (Phi) is 10.4. The maximum Gasteiger partial charge on any atom is 0.193 e. The summed E-state index contributed by atoms with van der Waals surface area (Å²) in [5, 5.41) is 3.61. The first kappa shape index (κ1) is 24.2. The second-order valence-corrected chi connectivity index (χ2v) is 8.06. The van der Waals surface area contributed by atoms with Gasteiger partial charge in [0.1, 0.15) is 0 Å². The number of aliphatic imine (C=N–C) groups is 1. The van der Waals surface area contributed by atoms with Crippen molar-refractivity contribution < 1.29 is 0 Å². The van der Waals surface area contributed by atoms with Crippen LogP contribution in [-0.4, -0.2) is 86.6 Å². The van der Waals surface area contributed by atoms with E-state index in [1.807, 2.05) is 7.05 Å². The summed E-state index contributed by atoms with van der Waals surface area (Å²) < 4.78 is 0. The van der Waals surface area contributed by atoms with Crippen molar-refractivity contribution in [2.24, 2.45) is 10.9 Å². The summed E-state index contributed by atoms with van der Waals surface area (Å²) in [7, 11) is 1.90. The highest BCUT2D eigenvalue weighted by atomic mass is 127. The van der Waals surface area contributed by atoms with Crippen molar-refractivity contribution in [3.8, 4) is 0 Å². The van der Waals surface area contributed by atoms with Crippen molar-refractivity contribution in [1.29, 1.82) is 0 Å². The van der Waals surface area contributed by atoms with Gasteiger partial charge in [-0.15, -0.1) is 24.0 Å². The summed E-state index contributed by atoms with van der Waals surface area (Å²) in [5.74, 6) is 1.65. The van der Waals surface area contributed by atoms with Gasteiger partial charge in [-0.05, 0) is 30.0 Å². The lowest BCUT2D eigenvalue weighted by atomic mass is 10.00. The van der Waals surface area contributed by atoms with Crippen molar-refractivity contribution in [2.75, 3.05) is 66.0 Å². The van der Waals surface area contributed by atoms with Crippen LogP contribution in [0.1, 0.15) is 25.8 Å². The summed E-state index contributed by atoms with van der Waals surface area (Å²) >= 11 is 0. The van der Waals surface area contributed by atoms with E-state index < -0.39 is 0 Å². The van der Waals surface area contributed by atoms with E-state index in [0.717, 1.165) is 32.0 Å². The van der Waals surface area contributed by atoms with E-state index in [-0.39, 0.29) is 24.0 Å². The molecule has 29 heavy (non-hydrogen) atoms. The second-order valence-electron chi connectivity index (χ2n) is 8.06. The van der Waals surface area contributed by atoms with E-state index in [1.54, 1.807) is 0 Å². The highest BCUT2D eigenvalue weighted by Gasteiger charge is 2.19. The van der Waals surface area contributed by atoms with Gasteiger partial charge in [0.25, 0.3) is 0 Å². The Morgan fingerprint density at radius 2 is 1.76 bits per heavy atom. The van der Waals surface area contributed by atoms with Gasteiger partial charge in [0.15, 0.2) is 5.96 Å². The first-order chi connectivity index (χ1) is 13.7. The molecule has 1 aromatic rings. The van der Waals surface area contributed by atoms with Crippen molar-refractivity contribution in [2.45, 2.75) is 20.3 Å². The van der Waals surface area contributed by atoms with Crippen LogP contribution in [0.15, 0.2) is 41.4 Å². The number of rotatable bonds is 6. The number of benzene rings is 1. The molecule has 0 amide bonds. The molecule has 1 fully saturated rings. The predicted octanol–water partition coefficient (Wildman–Crippen LogP) is 3.24. The molecular weight excluding hydrogens is 473 g/mol. The van der Waals surface area contributed by atoms with Gasteiger partial charge in [0, 0.05) is 59.4 Å². The Hall–Kier alpha value is -1.12. The molecular formula is C23H38IN5. The monoisotopic (exact) mass is 511 g/mol. The van der Waals surface area contributed by atoms with Gasteiger partial charge in [0.2, 0.25) is 0 Å². The minimum absolute atomic E-state index is 0. The van der Waals surface area contributed by atoms with Gasteiger partial charge < -0.3 is 20.0 Å². The highest BCUT2D eigenvalue weighted by Crippen LogP contribution is 2.22. The maximum absolute atomic E-state index is 4.53. The molecule has 1 saturated heterocycles.